The van der Waals surface area contributed by atoms with E-state index in [2.05, 4.69) is 10.4 Å². The number of ether oxygens (including phenoxy) is 2. The van der Waals surface area contributed by atoms with Gasteiger partial charge in [-0.15, -0.1) is 0 Å². The molecule has 2 rings (SSSR count). The summed E-state index contributed by atoms with van der Waals surface area (Å²) in [6, 6.07) is 3.70. The van der Waals surface area contributed by atoms with Gasteiger partial charge in [0.25, 0.3) is 0 Å². The van der Waals surface area contributed by atoms with Crippen molar-refractivity contribution < 1.29 is 9.47 Å². The minimum atomic E-state index is 0.645. The molecule has 5 nitrogen and oxygen atoms in total. The summed E-state index contributed by atoms with van der Waals surface area (Å²) >= 11 is 6.87. The van der Waals surface area contributed by atoms with Crippen molar-refractivity contribution in [3.8, 4) is 11.5 Å². The van der Waals surface area contributed by atoms with E-state index in [1.165, 1.54) is 11.3 Å². The van der Waals surface area contributed by atoms with Crippen LogP contribution in [0.25, 0.3) is 10.9 Å². The Morgan fingerprint density at radius 1 is 1.26 bits per heavy atom. The molecule has 0 unspecified atom stereocenters. The van der Waals surface area contributed by atoms with Gasteiger partial charge < -0.3 is 9.47 Å². The Kier molecular flexibility index (Phi) is 4.18. The van der Waals surface area contributed by atoms with E-state index in [0.29, 0.717) is 11.5 Å². The van der Waals surface area contributed by atoms with E-state index in [4.69, 9.17) is 21.7 Å². The number of anilines is 1. The Morgan fingerprint density at radius 3 is 2.47 bits per heavy atom. The minimum absolute atomic E-state index is 0.645. The molecule has 0 aliphatic rings. The van der Waals surface area contributed by atoms with E-state index in [9.17, 15) is 0 Å². The van der Waals surface area contributed by atoms with Gasteiger partial charge in [-0.05, 0) is 6.07 Å². The predicted molar refractivity (Wildman–Crippen MR) is 81.0 cm³/mol. The molecule has 0 atom stereocenters. The molecule has 0 amide bonds. The second-order valence-corrected chi connectivity index (χ2v) is 5.44. The van der Waals surface area contributed by atoms with Gasteiger partial charge in [0.1, 0.15) is 3.82 Å². The average molecular weight is 297 g/mol. The Bertz CT molecular complexity index is 657. The molecule has 0 spiro atoms. The summed E-state index contributed by atoms with van der Waals surface area (Å²) in [5, 5.41) is 3.51. The van der Waals surface area contributed by atoms with Crippen LogP contribution in [0, 0.1) is 3.82 Å². The third-order valence-corrected chi connectivity index (χ3v) is 4.17. The van der Waals surface area contributed by atoms with E-state index in [1.807, 2.05) is 31.2 Å². The van der Waals surface area contributed by atoms with Crippen LogP contribution in [-0.2, 0) is 0 Å². The van der Waals surface area contributed by atoms with Crippen LogP contribution in [0.15, 0.2) is 12.1 Å². The minimum Gasteiger partial charge on any atom is -0.493 e. The molecule has 19 heavy (non-hydrogen) atoms. The van der Waals surface area contributed by atoms with Crippen LogP contribution in [0.3, 0.4) is 0 Å². The number of hydrazine groups is 1. The molecular weight excluding hydrogens is 282 g/mol. The SMILES string of the molecule is CNN(C)c1nc2cc(OC)c(OC)cc2c(=S)s1. The number of nitrogens with zero attached hydrogens (tertiary/aromatic N) is 2. The van der Waals surface area contributed by atoms with Gasteiger partial charge >= 0.3 is 0 Å². The summed E-state index contributed by atoms with van der Waals surface area (Å²) in [6.45, 7) is 0. The first kappa shape index (κ1) is 14.0. The third-order valence-electron chi connectivity index (χ3n) is 2.74. The van der Waals surface area contributed by atoms with Crippen molar-refractivity contribution in [3.63, 3.8) is 0 Å². The molecular formula is C12H15N3O2S2. The smallest absolute Gasteiger partial charge is 0.201 e. The second kappa shape index (κ2) is 5.68. The molecule has 1 heterocycles. The maximum absolute atomic E-state index is 5.42. The number of rotatable bonds is 4. The molecule has 0 radical (unpaired) electrons. The van der Waals surface area contributed by atoms with E-state index in [0.717, 1.165) is 19.9 Å². The molecule has 0 saturated carbocycles. The van der Waals surface area contributed by atoms with Crippen molar-refractivity contribution in [1.82, 2.24) is 10.4 Å². The van der Waals surface area contributed by atoms with E-state index in [1.54, 1.807) is 14.2 Å². The Balaban J connectivity index is 2.70. The number of methoxy groups -OCH3 is 2. The van der Waals surface area contributed by atoms with Crippen LogP contribution < -0.4 is 19.9 Å². The lowest BCUT2D eigenvalue weighted by atomic mass is 10.2. The molecule has 1 aromatic carbocycles. The second-order valence-electron chi connectivity index (χ2n) is 3.79. The lowest BCUT2D eigenvalue weighted by Gasteiger charge is -2.16. The zero-order valence-corrected chi connectivity index (χ0v) is 12.8. The molecule has 0 aliphatic heterocycles. The standard InChI is InChI=1S/C12H15N3O2S2/c1-13-15(2)12-14-8-6-10(17-4)9(16-3)5-7(8)11(18)19-12/h5-6,13H,1-4H3. The zero-order chi connectivity index (χ0) is 14.0. The summed E-state index contributed by atoms with van der Waals surface area (Å²) in [4.78, 5) is 4.57. The highest BCUT2D eigenvalue weighted by atomic mass is 32.1. The zero-order valence-electron chi connectivity index (χ0n) is 11.2. The van der Waals surface area contributed by atoms with Crippen LogP contribution in [0.5, 0.6) is 11.5 Å². The van der Waals surface area contributed by atoms with Gasteiger partial charge in [-0.25, -0.2) is 10.4 Å². The molecule has 0 aliphatic carbocycles. The topological polar surface area (TPSA) is 46.6 Å². The van der Waals surface area contributed by atoms with Crippen molar-refractivity contribution in [2.45, 2.75) is 0 Å². The lowest BCUT2D eigenvalue weighted by Crippen LogP contribution is -2.30. The molecule has 0 fully saturated rings. The molecule has 1 N–H and O–H groups in total. The first-order valence-electron chi connectivity index (χ1n) is 5.58. The number of hydrogen-bond acceptors (Lipinski definition) is 7. The van der Waals surface area contributed by atoms with Gasteiger partial charge in [-0.3, -0.25) is 5.01 Å². The summed E-state index contributed by atoms with van der Waals surface area (Å²) in [6.07, 6.45) is 0. The number of aromatic nitrogens is 1. The quantitative estimate of drug-likeness (QED) is 0.691. The first-order valence-corrected chi connectivity index (χ1v) is 6.81. The van der Waals surface area contributed by atoms with Crippen molar-refractivity contribution in [3.05, 3.63) is 16.0 Å². The number of fused-ring (bicyclic) bond motifs is 1. The Morgan fingerprint density at radius 2 is 1.89 bits per heavy atom. The van der Waals surface area contributed by atoms with Crippen LogP contribution in [0.4, 0.5) is 5.13 Å². The van der Waals surface area contributed by atoms with E-state index >= 15 is 0 Å². The highest BCUT2D eigenvalue weighted by molar-refractivity contribution is 7.74. The monoisotopic (exact) mass is 297 g/mol. The lowest BCUT2D eigenvalue weighted by molar-refractivity contribution is 0.356. The maximum Gasteiger partial charge on any atom is 0.201 e. The molecule has 0 bridgehead atoms. The van der Waals surface area contributed by atoms with Crippen molar-refractivity contribution >= 4 is 39.6 Å². The van der Waals surface area contributed by atoms with Gasteiger partial charge in [0.05, 0.1) is 19.7 Å². The van der Waals surface area contributed by atoms with E-state index < -0.39 is 0 Å². The molecule has 0 saturated heterocycles. The number of nitrogens with one attached hydrogen (secondary N) is 1. The highest BCUT2D eigenvalue weighted by Crippen LogP contribution is 2.34. The summed E-state index contributed by atoms with van der Waals surface area (Å²) < 4.78 is 11.3. The van der Waals surface area contributed by atoms with Crippen LogP contribution in [0.1, 0.15) is 0 Å². The Hall–Kier alpha value is -1.44. The van der Waals surface area contributed by atoms with Crippen LogP contribution >= 0.6 is 23.6 Å². The van der Waals surface area contributed by atoms with Gasteiger partial charge in [-0.2, -0.15) is 0 Å². The van der Waals surface area contributed by atoms with Crippen molar-refractivity contribution in [2.24, 2.45) is 0 Å². The predicted octanol–water partition coefficient (Wildman–Crippen LogP) is 2.61. The summed E-state index contributed by atoms with van der Waals surface area (Å²) in [7, 11) is 6.92. The fourth-order valence-electron chi connectivity index (χ4n) is 1.63. The maximum atomic E-state index is 5.42. The van der Waals surface area contributed by atoms with E-state index in [-0.39, 0.29) is 0 Å². The fourth-order valence-corrected chi connectivity index (χ4v) is 2.83. The summed E-state index contributed by atoms with van der Waals surface area (Å²) in [5.41, 5.74) is 3.79. The van der Waals surface area contributed by atoms with Crippen LogP contribution in [0.2, 0.25) is 0 Å². The van der Waals surface area contributed by atoms with Crippen molar-refractivity contribution in [1.29, 1.82) is 0 Å². The number of hydrogen-bond donors (Lipinski definition) is 1. The fraction of sp³-hybridized carbons (Fsp3) is 0.333. The largest absolute Gasteiger partial charge is 0.493 e. The summed E-state index contributed by atoms with van der Waals surface area (Å²) in [5.74, 6) is 1.30. The average Bonchev–Trinajstić information content (AvgIpc) is 2.44. The molecule has 102 valence electrons. The molecule has 7 heteroatoms. The van der Waals surface area contributed by atoms with Gasteiger partial charge in [-0.1, -0.05) is 23.6 Å². The first-order chi connectivity index (χ1) is 9.10. The Labute approximate surface area is 120 Å². The van der Waals surface area contributed by atoms with Crippen molar-refractivity contribution in [2.75, 3.05) is 33.3 Å². The van der Waals surface area contributed by atoms with Gasteiger partial charge in [0.15, 0.2) is 11.5 Å². The van der Waals surface area contributed by atoms with Gasteiger partial charge in [0.2, 0.25) is 5.13 Å². The third kappa shape index (κ3) is 2.63. The molecule has 1 aromatic heterocycles. The normalized spacial score (nSPS) is 10.5. The molecule has 2 aromatic rings. The highest BCUT2D eigenvalue weighted by Gasteiger charge is 2.11. The van der Waals surface area contributed by atoms with Gasteiger partial charge in [0, 0.05) is 25.5 Å². The van der Waals surface area contributed by atoms with Crippen LogP contribution in [-0.4, -0.2) is 33.3 Å². The number of benzene rings is 1.